The molecular formula is C16H10N2O5. The van der Waals surface area contributed by atoms with Crippen LogP contribution in [0.4, 0.5) is 5.69 Å². The summed E-state index contributed by atoms with van der Waals surface area (Å²) in [5.41, 5.74) is -0.258. The van der Waals surface area contributed by atoms with Crippen molar-refractivity contribution < 1.29 is 14.4 Å². The first-order valence-electron chi connectivity index (χ1n) is 6.60. The van der Waals surface area contributed by atoms with Crippen molar-refractivity contribution in [2.45, 2.75) is 0 Å². The molecule has 3 aromatic rings. The number of hydrogen-bond acceptors (Lipinski definition) is 6. The zero-order chi connectivity index (χ0) is 16.4. The van der Waals surface area contributed by atoms with Gasteiger partial charge in [0.25, 0.3) is 5.69 Å². The van der Waals surface area contributed by atoms with Gasteiger partial charge in [0.2, 0.25) is 0 Å². The lowest BCUT2D eigenvalue weighted by Gasteiger charge is -2.01. The van der Waals surface area contributed by atoms with Gasteiger partial charge in [-0.3, -0.25) is 10.1 Å². The number of hydrogen-bond donors (Lipinski definition) is 1. The Kier molecular flexibility index (Phi) is 3.60. The third-order valence-corrected chi connectivity index (χ3v) is 3.15. The zero-order valence-electron chi connectivity index (χ0n) is 11.7. The predicted molar refractivity (Wildman–Crippen MR) is 83.9 cm³/mol. The Bertz CT molecular complexity index is 977. The standard InChI is InChI=1S/C16H10N2O5/c19-14(10-4-2-1-3-5-10)9-13-16(20)23-15-8-11(18(21)22)6-7-12(15)17-13/h1-9,19H. The molecule has 3 rings (SSSR count). The van der Waals surface area contributed by atoms with Gasteiger partial charge in [-0.1, -0.05) is 30.3 Å². The molecule has 0 atom stereocenters. The van der Waals surface area contributed by atoms with Gasteiger partial charge < -0.3 is 9.52 Å². The number of rotatable bonds is 3. The first-order valence-corrected chi connectivity index (χ1v) is 6.60. The van der Waals surface area contributed by atoms with E-state index in [4.69, 9.17) is 4.42 Å². The van der Waals surface area contributed by atoms with Gasteiger partial charge in [-0.2, -0.15) is 0 Å². The molecule has 0 aliphatic heterocycles. The van der Waals surface area contributed by atoms with E-state index in [1.54, 1.807) is 30.3 Å². The fraction of sp³-hybridized carbons (Fsp3) is 0. The van der Waals surface area contributed by atoms with Crippen LogP contribution in [0.5, 0.6) is 0 Å². The summed E-state index contributed by atoms with van der Waals surface area (Å²) in [5.74, 6) is -0.133. The van der Waals surface area contributed by atoms with Crippen molar-refractivity contribution in [3.8, 4) is 0 Å². The number of nitro groups is 1. The molecule has 2 aromatic carbocycles. The van der Waals surface area contributed by atoms with Gasteiger partial charge in [0.05, 0.1) is 11.0 Å². The van der Waals surface area contributed by atoms with Crippen molar-refractivity contribution in [3.63, 3.8) is 0 Å². The summed E-state index contributed by atoms with van der Waals surface area (Å²) in [4.78, 5) is 26.1. The number of aliphatic hydroxyl groups is 1. The molecule has 0 aliphatic carbocycles. The number of aromatic nitrogens is 1. The highest BCUT2D eigenvalue weighted by atomic mass is 16.6. The third kappa shape index (κ3) is 2.93. The summed E-state index contributed by atoms with van der Waals surface area (Å²) in [7, 11) is 0. The molecule has 23 heavy (non-hydrogen) atoms. The molecule has 1 aromatic heterocycles. The lowest BCUT2D eigenvalue weighted by Crippen LogP contribution is -2.06. The second-order valence-electron chi connectivity index (χ2n) is 4.69. The molecule has 0 saturated heterocycles. The maximum atomic E-state index is 11.9. The van der Waals surface area contributed by atoms with E-state index in [-0.39, 0.29) is 28.2 Å². The zero-order valence-corrected chi connectivity index (χ0v) is 11.7. The van der Waals surface area contributed by atoms with Gasteiger partial charge in [0, 0.05) is 17.7 Å². The van der Waals surface area contributed by atoms with Crippen LogP contribution in [-0.2, 0) is 0 Å². The predicted octanol–water partition coefficient (Wildman–Crippen LogP) is 3.15. The van der Waals surface area contributed by atoms with Crippen molar-refractivity contribution in [1.82, 2.24) is 4.98 Å². The minimum Gasteiger partial charge on any atom is -0.507 e. The van der Waals surface area contributed by atoms with E-state index >= 15 is 0 Å². The lowest BCUT2D eigenvalue weighted by atomic mass is 10.1. The monoisotopic (exact) mass is 310 g/mol. The van der Waals surface area contributed by atoms with E-state index in [1.807, 2.05) is 0 Å². The van der Waals surface area contributed by atoms with E-state index in [0.29, 0.717) is 5.56 Å². The summed E-state index contributed by atoms with van der Waals surface area (Å²) in [6.45, 7) is 0. The molecular weight excluding hydrogens is 300 g/mol. The Morgan fingerprint density at radius 2 is 1.96 bits per heavy atom. The average Bonchev–Trinajstić information content (AvgIpc) is 2.55. The molecule has 114 valence electrons. The highest BCUT2D eigenvalue weighted by Crippen LogP contribution is 2.19. The Morgan fingerprint density at radius 1 is 1.22 bits per heavy atom. The van der Waals surface area contributed by atoms with Crippen LogP contribution in [0.1, 0.15) is 11.3 Å². The van der Waals surface area contributed by atoms with Gasteiger partial charge >= 0.3 is 5.63 Å². The van der Waals surface area contributed by atoms with Crippen LogP contribution in [0.25, 0.3) is 22.9 Å². The Hall–Kier alpha value is -3.48. The smallest absolute Gasteiger partial charge is 0.362 e. The van der Waals surface area contributed by atoms with Crippen molar-refractivity contribution in [1.29, 1.82) is 0 Å². The molecule has 7 heteroatoms. The van der Waals surface area contributed by atoms with E-state index in [9.17, 15) is 20.0 Å². The summed E-state index contributed by atoms with van der Waals surface area (Å²) in [6.07, 6.45) is 1.20. The van der Waals surface area contributed by atoms with Crippen LogP contribution in [-0.4, -0.2) is 15.0 Å². The molecule has 0 unspecified atom stereocenters. The van der Waals surface area contributed by atoms with Crippen molar-refractivity contribution in [2.24, 2.45) is 0 Å². The average molecular weight is 310 g/mol. The molecule has 0 spiro atoms. The molecule has 0 radical (unpaired) electrons. The quantitative estimate of drug-likeness (QED) is 0.452. The molecule has 7 nitrogen and oxygen atoms in total. The fourth-order valence-electron chi connectivity index (χ4n) is 2.03. The SMILES string of the molecule is O=c1oc2cc([N+](=O)[O-])ccc2nc1C=C(O)c1ccccc1. The van der Waals surface area contributed by atoms with E-state index < -0.39 is 10.5 Å². The maximum Gasteiger partial charge on any atom is 0.362 e. The third-order valence-electron chi connectivity index (χ3n) is 3.15. The number of aliphatic hydroxyl groups excluding tert-OH is 1. The molecule has 0 fully saturated rings. The first-order chi connectivity index (χ1) is 11.0. The van der Waals surface area contributed by atoms with E-state index in [0.717, 1.165) is 6.07 Å². The topological polar surface area (TPSA) is 106 Å². The number of non-ortho nitro benzene ring substituents is 1. The van der Waals surface area contributed by atoms with Crippen LogP contribution < -0.4 is 5.63 Å². The van der Waals surface area contributed by atoms with Gasteiger partial charge in [0.15, 0.2) is 11.3 Å². The largest absolute Gasteiger partial charge is 0.507 e. The van der Waals surface area contributed by atoms with Crippen LogP contribution in [0.2, 0.25) is 0 Å². The lowest BCUT2D eigenvalue weighted by molar-refractivity contribution is -0.384. The normalized spacial score (nSPS) is 11.6. The Morgan fingerprint density at radius 3 is 2.65 bits per heavy atom. The van der Waals surface area contributed by atoms with Gasteiger partial charge in [-0.05, 0) is 6.07 Å². The Balaban J connectivity index is 2.09. The minimum absolute atomic E-state index is 0.0144. The molecule has 0 bridgehead atoms. The molecule has 1 heterocycles. The second kappa shape index (κ2) is 5.72. The fourth-order valence-corrected chi connectivity index (χ4v) is 2.03. The summed E-state index contributed by atoms with van der Waals surface area (Å²) in [5, 5.41) is 20.8. The van der Waals surface area contributed by atoms with E-state index in [2.05, 4.69) is 4.98 Å². The number of benzene rings is 2. The van der Waals surface area contributed by atoms with Crippen LogP contribution in [0.3, 0.4) is 0 Å². The van der Waals surface area contributed by atoms with Gasteiger partial charge in [-0.25, -0.2) is 9.78 Å². The number of fused-ring (bicyclic) bond motifs is 1. The highest BCUT2D eigenvalue weighted by molar-refractivity contribution is 5.79. The molecule has 1 N–H and O–H groups in total. The van der Waals surface area contributed by atoms with Crippen molar-refractivity contribution in [3.05, 3.63) is 80.3 Å². The van der Waals surface area contributed by atoms with Crippen LogP contribution >= 0.6 is 0 Å². The molecule has 0 saturated carbocycles. The maximum absolute atomic E-state index is 11.9. The van der Waals surface area contributed by atoms with Crippen LogP contribution in [0.15, 0.2) is 57.7 Å². The minimum atomic E-state index is -0.791. The number of nitrogens with zero attached hydrogens (tertiary/aromatic N) is 2. The van der Waals surface area contributed by atoms with Crippen molar-refractivity contribution >= 4 is 28.6 Å². The number of nitro benzene ring substituents is 1. The van der Waals surface area contributed by atoms with Crippen LogP contribution in [0, 0.1) is 10.1 Å². The Labute approximate surface area is 129 Å². The highest BCUT2D eigenvalue weighted by Gasteiger charge is 2.11. The summed E-state index contributed by atoms with van der Waals surface area (Å²) >= 11 is 0. The molecule has 0 aliphatic rings. The van der Waals surface area contributed by atoms with Gasteiger partial charge in [-0.15, -0.1) is 0 Å². The first kappa shape index (κ1) is 14.5. The summed E-state index contributed by atoms with van der Waals surface area (Å²) in [6, 6.07) is 12.4. The molecule has 0 amide bonds. The second-order valence-corrected chi connectivity index (χ2v) is 4.69. The summed E-state index contributed by atoms with van der Waals surface area (Å²) < 4.78 is 5.04. The van der Waals surface area contributed by atoms with Crippen molar-refractivity contribution in [2.75, 3.05) is 0 Å². The van der Waals surface area contributed by atoms with E-state index in [1.165, 1.54) is 18.2 Å². The van der Waals surface area contributed by atoms with Gasteiger partial charge in [0.1, 0.15) is 11.3 Å².